The van der Waals surface area contributed by atoms with Crippen molar-refractivity contribution in [3.8, 4) is 0 Å². The Bertz CT molecular complexity index is 245. The van der Waals surface area contributed by atoms with Gasteiger partial charge in [-0.05, 0) is 18.6 Å². The van der Waals surface area contributed by atoms with Crippen LogP contribution in [0.2, 0.25) is 0 Å². The highest BCUT2D eigenvalue weighted by atomic mass is 16.4. The predicted molar refractivity (Wildman–Crippen MR) is 43.2 cm³/mol. The number of aryl methyl sites for hydroxylation is 1. The van der Waals surface area contributed by atoms with Crippen LogP contribution in [0.1, 0.15) is 5.56 Å². The van der Waals surface area contributed by atoms with E-state index in [1.807, 2.05) is 0 Å². The summed E-state index contributed by atoms with van der Waals surface area (Å²) in [5, 5.41) is 17.6. The Hall–Kier alpha value is -1.07. The molecule has 0 fully saturated rings. The highest BCUT2D eigenvalue weighted by Crippen LogP contribution is 1.98. The first-order chi connectivity index (χ1) is 5.13. The summed E-state index contributed by atoms with van der Waals surface area (Å²) in [6.07, 6.45) is 1.52. The van der Waals surface area contributed by atoms with E-state index >= 15 is 0 Å². The first-order valence-corrected chi connectivity index (χ1v) is 3.20. The van der Waals surface area contributed by atoms with Crippen LogP contribution in [0.3, 0.4) is 0 Å². The minimum absolute atomic E-state index is 0.167. The van der Waals surface area contributed by atoms with Crippen LogP contribution in [0.4, 0.5) is 5.82 Å². The molecule has 0 bridgehead atoms. The molecule has 0 saturated heterocycles. The summed E-state index contributed by atoms with van der Waals surface area (Å²) in [6, 6.07) is 1.67. The number of hydrogen-bond acceptors (Lipinski definition) is 4. The Balaban J connectivity index is 3.21. The van der Waals surface area contributed by atoms with Crippen molar-refractivity contribution in [1.29, 1.82) is 0 Å². The zero-order chi connectivity index (χ0) is 8.43. The number of hydrogen-bond donors (Lipinski definition) is 3. The third kappa shape index (κ3) is 1.50. The number of aromatic nitrogens is 1. The van der Waals surface area contributed by atoms with Gasteiger partial charge in [-0.1, -0.05) is 0 Å². The summed E-state index contributed by atoms with van der Waals surface area (Å²) < 4.78 is 0. The normalized spacial score (nSPS) is 9.73. The SMILES string of the molecule is Cc1ccnc(N)c1B(O)O. The standard InChI is InChI=1S/C6H9BN2O2/c1-4-2-3-9-6(8)5(4)7(10)11/h2-3,10-11H,1H3,(H2,8,9). The average Bonchev–Trinajstić information content (AvgIpc) is 1.85. The van der Waals surface area contributed by atoms with Gasteiger partial charge in [0.05, 0.1) is 0 Å². The molecule has 1 rings (SSSR count). The first-order valence-electron chi connectivity index (χ1n) is 3.20. The van der Waals surface area contributed by atoms with E-state index in [0.29, 0.717) is 0 Å². The molecule has 58 valence electrons. The number of nitrogen functional groups attached to an aromatic ring is 1. The molecule has 1 aromatic heterocycles. The van der Waals surface area contributed by atoms with E-state index in [2.05, 4.69) is 4.98 Å². The van der Waals surface area contributed by atoms with Crippen LogP contribution in [0.5, 0.6) is 0 Å². The molecule has 0 saturated carbocycles. The summed E-state index contributed by atoms with van der Waals surface area (Å²) in [5.41, 5.74) is 6.41. The Kier molecular flexibility index (Phi) is 2.12. The third-order valence-corrected chi connectivity index (χ3v) is 1.50. The van der Waals surface area contributed by atoms with Crippen LogP contribution < -0.4 is 11.2 Å². The molecule has 0 aliphatic carbocycles. The van der Waals surface area contributed by atoms with E-state index in [0.717, 1.165) is 5.56 Å². The van der Waals surface area contributed by atoms with E-state index < -0.39 is 7.12 Å². The molecule has 0 amide bonds. The summed E-state index contributed by atoms with van der Waals surface area (Å²) >= 11 is 0. The molecule has 1 heterocycles. The number of nitrogens with zero attached hydrogens (tertiary/aromatic N) is 1. The lowest BCUT2D eigenvalue weighted by Gasteiger charge is -2.05. The average molecular weight is 152 g/mol. The fourth-order valence-corrected chi connectivity index (χ4v) is 0.927. The second-order valence-corrected chi connectivity index (χ2v) is 2.30. The van der Waals surface area contributed by atoms with Gasteiger partial charge in [0.15, 0.2) is 0 Å². The monoisotopic (exact) mass is 152 g/mol. The van der Waals surface area contributed by atoms with Gasteiger partial charge in [-0.3, -0.25) is 0 Å². The topological polar surface area (TPSA) is 79.4 Å². The fourth-order valence-electron chi connectivity index (χ4n) is 0.927. The van der Waals surface area contributed by atoms with Crippen molar-refractivity contribution in [2.24, 2.45) is 0 Å². The molecule has 0 unspecified atom stereocenters. The van der Waals surface area contributed by atoms with Crippen LogP contribution in [-0.4, -0.2) is 22.2 Å². The van der Waals surface area contributed by atoms with Crippen LogP contribution in [0.15, 0.2) is 12.3 Å². The second-order valence-electron chi connectivity index (χ2n) is 2.30. The Morgan fingerprint density at radius 1 is 1.55 bits per heavy atom. The molecule has 4 N–H and O–H groups in total. The van der Waals surface area contributed by atoms with Crippen molar-refractivity contribution < 1.29 is 10.0 Å². The minimum Gasteiger partial charge on any atom is -0.423 e. The summed E-state index contributed by atoms with van der Waals surface area (Å²) in [7, 11) is -1.54. The van der Waals surface area contributed by atoms with Crippen LogP contribution in [0, 0.1) is 6.92 Å². The molecule has 0 aliphatic heterocycles. The first kappa shape index (κ1) is 8.04. The van der Waals surface area contributed by atoms with Gasteiger partial charge in [-0.2, -0.15) is 0 Å². The molecule has 0 aromatic carbocycles. The van der Waals surface area contributed by atoms with Crippen LogP contribution in [0.25, 0.3) is 0 Å². The summed E-state index contributed by atoms with van der Waals surface area (Å²) in [4.78, 5) is 3.72. The lowest BCUT2D eigenvalue weighted by Crippen LogP contribution is -2.35. The molecule has 1 aromatic rings. The van der Waals surface area contributed by atoms with Crippen molar-refractivity contribution in [3.05, 3.63) is 17.8 Å². The van der Waals surface area contributed by atoms with Gasteiger partial charge in [0.2, 0.25) is 0 Å². The quantitative estimate of drug-likeness (QED) is 0.434. The Labute approximate surface area is 64.8 Å². The summed E-state index contributed by atoms with van der Waals surface area (Å²) in [5.74, 6) is 0.167. The van der Waals surface area contributed by atoms with Gasteiger partial charge in [0.1, 0.15) is 5.82 Å². The number of rotatable bonds is 1. The molecular formula is C6H9BN2O2. The maximum absolute atomic E-state index is 8.82. The highest BCUT2D eigenvalue weighted by molar-refractivity contribution is 6.60. The molecule has 0 spiro atoms. The highest BCUT2D eigenvalue weighted by Gasteiger charge is 2.17. The second kappa shape index (κ2) is 2.90. The Morgan fingerprint density at radius 3 is 2.55 bits per heavy atom. The van der Waals surface area contributed by atoms with Gasteiger partial charge < -0.3 is 15.8 Å². The molecule has 11 heavy (non-hydrogen) atoms. The van der Waals surface area contributed by atoms with Gasteiger partial charge in [-0.15, -0.1) is 0 Å². The molecule has 4 nitrogen and oxygen atoms in total. The maximum Gasteiger partial charge on any atom is 0.492 e. The minimum atomic E-state index is -1.54. The van der Waals surface area contributed by atoms with Crippen LogP contribution in [-0.2, 0) is 0 Å². The molecular weight excluding hydrogens is 143 g/mol. The smallest absolute Gasteiger partial charge is 0.423 e. The molecule has 0 atom stereocenters. The number of nitrogens with two attached hydrogens (primary N) is 1. The van der Waals surface area contributed by atoms with E-state index in [9.17, 15) is 0 Å². The van der Waals surface area contributed by atoms with E-state index in [-0.39, 0.29) is 11.3 Å². The van der Waals surface area contributed by atoms with Gasteiger partial charge in [-0.25, -0.2) is 4.98 Å². The predicted octanol–water partition coefficient (Wildman–Crippen LogP) is -1.35. The largest absolute Gasteiger partial charge is 0.492 e. The number of anilines is 1. The lowest BCUT2D eigenvalue weighted by atomic mass is 9.78. The maximum atomic E-state index is 8.82. The number of pyridine rings is 1. The molecule has 5 heteroatoms. The van der Waals surface area contributed by atoms with Crippen LogP contribution >= 0.6 is 0 Å². The zero-order valence-corrected chi connectivity index (χ0v) is 6.15. The fraction of sp³-hybridized carbons (Fsp3) is 0.167. The molecule has 0 radical (unpaired) electrons. The Morgan fingerprint density at radius 2 is 2.18 bits per heavy atom. The van der Waals surface area contributed by atoms with Crippen molar-refractivity contribution in [2.75, 3.05) is 5.73 Å². The van der Waals surface area contributed by atoms with Crippen molar-refractivity contribution in [3.63, 3.8) is 0 Å². The van der Waals surface area contributed by atoms with Crippen molar-refractivity contribution in [1.82, 2.24) is 4.98 Å². The summed E-state index contributed by atoms with van der Waals surface area (Å²) in [6.45, 7) is 1.74. The van der Waals surface area contributed by atoms with Gasteiger partial charge >= 0.3 is 7.12 Å². The van der Waals surface area contributed by atoms with Gasteiger partial charge in [0, 0.05) is 11.7 Å². The zero-order valence-electron chi connectivity index (χ0n) is 6.15. The molecule has 0 aliphatic rings. The van der Waals surface area contributed by atoms with Crippen molar-refractivity contribution in [2.45, 2.75) is 6.92 Å². The van der Waals surface area contributed by atoms with E-state index in [1.54, 1.807) is 13.0 Å². The van der Waals surface area contributed by atoms with Gasteiger partial charge in [0.25, 0.3) is 0 Å². The van der Waals surface area contributed by atoms with E-state index in [4.69, 9.17) is 15.8 Å². The lowest BCUT2D eigenvalue weighted by molar-refractivity contribution is 0.425. The van der Waals surface area contributed by atoms with E-state index in [1.165, 1.54) is 6.20 Å². The third-order valence-electron chi connectivity index (χ3n) is 1.50. The van der Waals surface area contributed by atoms with Crippen molar-refractivity contribution >= 4 is 18.4 Å².